The molecule has 3 nitrogen and oxygen atoms in total. The Labute approximate surface area is 155 Å². The molecule has 0 amide bonds. The maximum atomic E-state index is 5.69. The van der Waals surface area contributed by atoms with E-state index in [1.807, 2.05) is 12.3 Å². The van der Waals surface area contributed by atoms with Gasteiger partial charge in [-0.15, -0.1) is 0 Å². The number of nitrogens with two attached hydrogens (primary N) is 2. The van der Waals surface area contributed by atoms with E-state index in [4.69, 9.17) is 11.5 Å². The third-order valence-electron chi connectivity index (χ3n) is 4.30. The molecule has 1 aliphatic heterocycles. The Bertz CT molecular complexity index is 351. The molecule has 1 rings (SSSR count). The molecule has 0 aromatic rings. The van der Waals surface area contributed by atoms with Crippen LogP contribution in [0.15, 0.2) is 36.2 Å². The van der Waals surface area contributed by atoms with Gasteiger partial charge in [-0.2, -0.15) is 0 Å². The van der Waals surface area contributed by atoms with E-state index >= 15 is 0 Å². The standard InChI is InChI=1S/C19H35N3.Li.H/c20-15-9-5-3-1-2-4-7-12-18(13-11-16-21)19-14-8-6-10-17-22-19;;/h6,8,10,14,17-18,22H,1-5,7,9,11-13,15-16,20-21H2;;. The zero-order valence-corrected chi connectivity index (χ0v) is 14.1. The van der Waals surface area contributed by atoms with Crippen molar-refractivity contribution < 1.29 is 0 Å². The van der Waals surface area contributed by atoms with Gasteiger partial charge in [0.1, 0.15) is 0 Å². The maximum absolute atomic E-state index is 5.69. The predicted molar refractivity (Wildman–Crippen MR) is 104 cm³/mol. The summed E-state index contributed by atoms with van der Waals surface area (Å²) in [6, 6.07) is 0. The number of nitrogens with one attached hydrogen (secondary N) is 1. The Hall–Kier alpha value is -0.463. The number of hydrogen-bond acceptors (Lipinski definition) is 3. The summed E-state index contributed by atoms with van der Waals surface area (Å²) < 4.78 is 0. The van der Waals surface area contributed by atoms with Crippen LogP contribution in [0.3, 0.4) is 0 Å². The molecular weight excluding hydrogens is 277 g/mol. The summed E-state index contributed by atoms with van der Waals surface area (Å²) in [5, 5.41) is 3.43. The quantitative estimate of drug-likeness (QED) is 0.361. The molecule has 1 atom stereocenters. The fourth-order valence-corrected chi connectivity index (χ4v) is 2.96. The first-order chi connectivity index (χ1) is 10.9. The second kappa shape index (κ2) is 16.4. The molecule has 0 radical (unpaired) electrons. The minimum absolute atomic E-state index is 0. The summed E-state index contributed by atoms with van der Waals surface area (Å²) in [4.78, 5) is 0. The Morgan fingerprint density at radius 3 is 2.04 bits per heavy atom. The summed E-state index contributed by atoms with van der Waals surface area (Å²) >= 11 is 0. The van der Waals surface area contributed by atoms with E-state index in [1.165, 1.54) is 63.5 Å². The fraction of sp³-hybridized carbons (Fsp3) is 0.684. The molecule has 0 saturated carbocycles. The van der Waals surface area contributed by atoms with Crippen LogP contribution in [0, 0.1) is 5.92 Å². The predicted octanol–water partition coefficient (Wildman–Crippen LogP) is 3.33. The van der Waals surface area contributed by atoms with Crippen molar-refractivity contribution in [2.45, 2.75) is 64.2 Å². The first-order valence-electron chi connectivity index (χ1n) is 9.08. The zero-order chi connectivity index (χ0) is 15.9. The van der Waals surface area contributed by atoms with Gasteiger partial charge in [0.2, 0.25) is 0 Å². The van der Waals surface area contributed by atoms with E-state index in [2.05, 4.69) is 23.5 Å². The Morgan fingerprint density at radius 2 is 1.35 bits per heavy atom. The Morgan fingerprint density at radius 1 is 0.739 bits per heavy atom. The average molecular weight is 313 g/mol. The van der Waals surface area contributed by atoms with Crippen LogP contribution >= 0.6 is 0 Å². The molecule has 0 saturated heterocycles. The number of hydrogen-bond donors (Lipinski definition) is 3. The second-order valence-corrected chi connectivity index (χ2v) is 6.19. The van der Waals surface area contributed by atoms with Gasteiger partial charge in [-0.3, -0.25) is 0 Å². The van der Waals surface area contributed by atoms with Crippen molar-refractivity contribution in [3.8, 4) is 0 Å². The van der Waals surface area contributed by atoms with Crippen molar-refractivity contribution in [3.05, 3.63) is 36.2 Å². The summed E-state index contributed by atoms with van der Waals surface area (Å²) in [6.45, 7) is 1.63. The van der Waals surface area contributed by atoms with Crippen LogP contribution in [0.2, 0.25) is 0 Å². The van der Waals surface area contributed by atoms with Crippen molar-refractivity contribution in [1.29, 1.82) is 0 Å². The van der Waals surface area contributed by atoms with Gasteiger partial charge in [0.25, 0.3) is 0 Å². The third-order valence-corrected chi connectivity index (χ3v) is 4.30. The Kier molecular flexibility index (Phi) is 16.1. The van der Waals surface area contributed by atoms with Gasteiger partial charge < -0.3 is 16.8 Å². The SMILES string of the molecule is NCCCCCCCCCC(CCCN)C1=CC=CC=CN1.[LiH]. The minimum atomic E-state index is 0. The Balaban J connectivity index is 0.00000484. The first kappa shape index (κ1) is 22.5. The van der Waals surface area contributed by atoms with Crippen molar-refractivity contribution in [2.75, 3.05) is 13.1 Å². The summed E-state index contributed by atoms with van der Waals surface area (Å²) in [5.74, 6) is 0.619. The van der Waals surface area contributed by atoms with E-state index in [0.29, 0.717) is 5.92 Å². The van der Waals surface area contributed by atoms with Gasteiger partial charge >= 0.3 is 18.9 Å². The van der Waals surface area contributed by atoms with E-state index < -0.39 is 0 Å². The van der Waals surface area contributed by atoms with Gasteiger partial charge in [-0.25, -0.2) is 0 Å². The van der Waals surface area contributed by atoms with Crippen LogP contribution in [0.1, 0.15) is 64.2 Å². The number of rotatable bonds is 13. The molecule has 0 fully saturated rings. The molecule has 0 aromatic heterocycles. The fourth-order valence-electron chi connectivity index (χ4n) is 2.96. The molecule has 0 bridgehead atoms. The van der Waals surface area contributed by atoms with E-state index in [9.17, 15) is 0 Å². The van der Waals surface area contributed by atoms with Gasteiger partial charge in [0, 0.05) is 11.9 Å². The topological polar surface area (TPSA) is 64.1 Å². The van der Waals surface area contributed by atoms with Gasteiger partial charge in [0.15, 0.2) is 0 Å². The molecule has 0 spiro atoms. The number of unbranched alkanes of at least 4 members (excludes halogenated alkanes) is 6. The van der Waals surface area contributed by atoms with Gasteiger partial charge in [-0.05, 0) is 56.8 Å². The molecule has 5 N–H and O–H groups in total. The molecular formula is C19H36LiN3. The average Bonchev–Trinajstić information content (AvgIpc) is 2.82. The molecule has 0 aliphatic carbocycles. The third kappa shape index (κ3) is 11.7. The normalized spacial score (nSPS) is 14.6. The first-order valence-corrected chi connectivity index (χ1v) is 9.08. The van der Waals surface area contributed by atoms with Crippen LogP contribution in [-0.4, -0.2) is 32.0 Å². The summed E-state index contributed by atoms with van der Waals surface area (Å²) in [6.07, 6.45) is 23.3. The van der Waals surface area contributed by atoms with Crippen LogP contribution in [0.4, 0.5) is 0 Å². The molecule has 1 unspecified atom stereocenters. The zero-order valence-electron chi connectivity index (χ0n) is 14.1. The van der Waals surface area contributed by atoms with E-state index in [1.54, 1.807) is 0 Å². The van der Waals surface area contributed by atoms with Crippen molar-refractivity contribution in [1.82, 2.24) is 5.32 Å². The van der Waals surface area contributed by atoms with Crippen LogP contribution < -0.4 is 16.8 Å². The van der Waals surface area contributed by atoms with Crippen LogP contribution in [0.25, 0.3) is 0 Å². The molecule has 1 aliphatic rings. The monoisotopic (exact) mass is 313 g/mol. The molecule has 23 heavy (non-hydrogen) atoms. The van der Waals surface area contributed by atoms with Crippen molar-refractivity contribution >= 4 is 18.9 Å². The van der Waals surface area contributed by atoms with Crippen LogP contribution in [-0.2, 0) is 0 Å². The van der Waals surface area contributed by atoms with Gasteiger partial charge in [0.05, 0.1) is 0 Å². The van der Waals surface area contributed by atoms with Crippen LogP contribution in [0.5, 0.6) is 0 Å². The molecule has 4 heteroatoms. The molecule has 1 heterocycles. The van der Waals surface area contributed by atoms with Crippen molar-refractivity contribution in [3.63, 3.8) is 0 Å². The van der Waals surface area contributed by atoms with E-state index in [-0.39, 0.29) is 18.9 Å². The van der Waals surface area contributed by atoms with E-state index in [0.717, 1.165) is 19.5 Å². The second-order valence-electron chi connectivity index (χ2n) is 6.19. The summed E-state index contributed by atoms with van der Waals surface area (Å²) in [7, 11) is 0. The molecule has 0 aromatic carbocycles. The number of allylic oxidation sites excluding steroid dienone is 5. The van der Waals surface area contributed by atoms with Gasteiger partial charge in [-0.1, -0.05) is 50.7 Å². The summed E-state index contributed by atoms with van der Waals surface area (Å²) in [5.41, 5.74) is 12.6. The van der Waals surface area contributed by atoms with Crippen molar-refractivity contribution in [2.24, 2.45) is 17.4 Å². The molecule has 128 valence electrons.